The van der Waals surface area contributed by atoms with Crippen LogP contribution in [0.2, 0.25) is 0 Å². The largest absolute Gasteiger partial charge is 0.433 e. The molecular formula is C18H21F3N4O2. The summed E-state index contributed by atoms with van der Waals surface area (Å²) >= 11 is 0. The summed E-state index contributed by atoms with van der Waals surface area (Å²) in [7, 11) is 0. The van der Waals surface area contributed by atoms with Gasteiger partial charge in [0.1, 0.15) is 6.04 Å². The molecule has 0 fully saturated rings. The van der Waals surface area contributed by atoms with Gasteiger partial charge in [-0.05, 0) is 26.3 Å². The van der Waals surface area contributed by atoms with Crippen LogP contribution in [0.1, 0.15) is 48.4 Å². The van der Waals surface area contributed by atoms with Gasteiger partial charge in [0.2, 0.25) is 5.91 Å². The molecule has 0 spiro atoms. The van der Waals surface area contributed by atoms with Crippen LogP contribution in [0.15, 0.2) is 36.5 Å². The Morgan fingerprint density at radius 1 is 1.15 bits per heavy atom. The molecule has 2 aromatic rings. The zero-order valence-corrected chi connectivity index (χ0v) is 15.2. The molecule has 0 saturated carbocycles. The van der Waals surface area contributed by atoms with Crippen molar-refractivity contribution in [1.29, 1.82) is 0 Å². The Labute approximate surface area is 154 Å². The molecule has 2 amide bonds. The van der Waals surface area contributed by atoms with Gasteiger partial charge in [-0.2, -0.15) is 18.3 Å². The Hall–Kier alpha value is -2.84. The van der Waals surface area contributed by atoms with Crippen LogP contribution in [-0.2, 0) is 17.5 Å². The number of nitrogens with zero attached hydrogens (tertiary/aromatic N) is 2. The van der Waals surface area contributed by atoms with Gasteiger partial charge in [-0.15, -0.1) is 0 Å². The summed E-state index contributed by atoms with van der Waals surface area (Å²) in [4.78, 5) is 24.4. The van der Waals surface area contributed by atoms with Gasteiger partial charge in [0.15, 0.2) is 5.69 Å². The molecule has 9 heteroatoms. The predicted octanol–water partition coefficient (Wildman–Crippen LogP) is 2.92. The molecule has 0 aliphatic rings. The highest BCUT2D eigenvalue weighted by Gasteiger charge is 2.40. The third-order valence-corrected chi connectivity index (χ3v) is 3.85. The Kier molecular flexibility index (Phi) is 6.24. The molecule has 0 aliphatic heterocycles. The Morgan fingerprint density at radius 2 is 1.78 bits per heavy atom. The van der Waals surface area contributed by atoms with Crippen molar-refractivity contribution in [3.63, 3.8) is 0 Å². The Morgan fingerprint density at radius 3 is 2.33 bits per heavy atom. The first kappa shape index (κ1) is 20.5. The molecule has 1 atom stereocenters. The molecule has 0 aliphatic carbocycles. The van der Waals surface area contributed by atoms with E-state index in [1.165, 1.54) is 20.8 Å². The van der Waals surface area contributed by atoms with Gasteiger partial charge < -0.3 is 10.6 Å². The molecular weight excluding hydrogens is 361 g/mol. The second kappa shape index (κ2) is 8.24. The van der Waals surface area contributed by atoms with Crippen molar-refractivity contribution in [1.82, 2.24) is 20.4 Å². The fourth-order valence-electron chi connectivity index (χ4n) is 2.48. The van der Waals surface area contributed by atoms with E-state index in [9.17, 15) is 22.8 Å². The minimum Gasteiger partial charge on any atom is -0.350 e. The minimum absolute atomic E-state index is 0.249. The number of hydrogen-bond acceptors (Lipinski definition) is 3. The standard InChI is InChI=1S/C18H21F3N4O2/c1-11(2)25-15(18(19,20)21)14(10-23-25)17(27)24-12(3)16(26)22-9-13-7-5-4-6-8-13/h4-8,10-12H,9H2,1-3H3,(H,22,26)(H,24,27). The summed E-state index contributed by atoms with van der Waals surface area (Å²) in [6, 6.07) is 7.53. The molecule has 0 bridgehead atoms. The fraction of sp³-hybridized carbons (Fsp3) is 0.389. The average Bonchev–Trinajstić information content (AvgIpc) is 3.06. The maximum Gasteiger partial charge on any atom is 0.433 e. The topological polar surface area (TPSA) is 76.0 Å². The Balaban J connectivity index is 2.07. The van der Waals surface area contributed by atoms with Crippen LogP contribution in [-0.4, -0.2) is 27.6 Å². The number of halogens is 3. The smallest absolute Gasteiger partial charge is 0.350 e. The first-order valence-electron chi connectivity index (χ1n) is 8.38. The van der Waals surface area contributed by atoms with Crippen LogP contribution in [0, 0.1) is 0 Å². The molecule has 1 aromatic carbocycles. The van der Waals surface area contributed by atoms with E-state index in [4.69, 9.17) is 0 Å². The lowest BCUT2D eigenvalue weighted by Gasteiger charge is -2.17. The molecule has 1 heterocycles. The number of carbonyl (C=O) groups is 2. The third kappa shape index (κ3) is 5.08. The number of alkyl halides is 3. The molecule has 6 nitrogen and oxygen atoms in total. The van der Waals surface area contributed by atoms with Crippen molar-refractivity contribution in [2.45, 2.75) is 45.6 Å². The molecule has 0 radical (unpaired) electrons. The highest BCUT2D eigenvalue weighted by molar-refractivity contribution is 5.98. The summed E-state index contributed by atoms with van der Waals surface area (Å²) in [6.45, 7) is 4.71. The Bertz CT molecular complexity index is 801. The second-order valence-electron chi connectivity index (χ2n) is 6.34. The van der Waals surface area contributed by atoms with Crippen molar-refractivity contribution >= 4 is 11.8 Å². The van der Waals surface area contributed by atoms with E-state index in [0.29, 0.717) is 0 Å². The second-order valence-corrected chi connectivity index (χ2v) is 6.34. The molecule has 27 heavy (non-hydrogen) atoms. The zero-order valence-electron chi connectivity index (χ0n) is 15.2. The maximum atomic E-state index is 13.3. The van der Waals surface area contributed by atoms with E-state index in [2.05, 4.69) is 15.7 Å². The molecule has 146 valence electrons. The van der Waals surface area contributed by atoms with Crippen LogP contribution < -0.4 is 10.6 Å². The van der Waals surface area contributed by atoms with Gasteiger partial charge in [-0.1, -0.05) is 30.3 Å². The van der Waals surface area contributed by atoms with Crippen LogP contribution >= 0.6 is 0 Å². The molecule has 2 rings (SSSR count). The van der Waals surface area contributed by atoms with Crippen molar-refractivity contribution in [2.24, 2.45) is 0 Å². The number of aromatic nitrogens is 2. The normalized spacial score (nSPS) is 12.7. The SMILES string of the molecule is CC(NC(=O)c1cnn(C(C)C)c1C(F)(F)F)C(=O)NCc1ccccc1. The summed E-state index contributed by atoms with van der Waals surface area (Å²) in [5, 5.41) is 8.59. The van der Waals surface area contributed by atoms with Gasteiger partial charge in [0, 0.05) is 12.6 Å². The predicted molar refractivity (Wildman–Crippen MR) is 92.8 cm³/mol. The first-order chi connectivity index (χ1) is 12.6. The quantitative estimate of drug-likeness (QED) is 0.807. The van der Waals surface area contributed by atoms with Crippen molar-refractivity contribution < 1.29 is 22.8 Å². The summed E-state index contributed by atoms with van der Waals surface area (Å²) in [5.74, 6) is -1.51. The summed E-state index contributed by atoms with van der Waals surface area (Å²) in [5.41, 5.74) is -0.882. The lowest BCUT2D eigenvalue weighted by molar-refractivity contribution is -0.145. The van der Waals surface area contributed by atoms with Crippen LogP contribution in [0.5, 0.6) is 0 Å². The van der Waals surface area contributed by atoms with Crippen LogP contribution in [0.4, 0.5) is 13.2 Å². The molecule has 1 unspecified atom stereocenters. The van der Waals surface area contributed by atoms with E-state index < -0.39 is 41.3 Å². The van der Waals surface area contributed by atoms with Gasteiger partial charge in [-0.3, -0.25) is 14.3 Å². The van der Waals surface area contributed by atoms with Gasteiger partial charge >= 0.3 is 6.18 Å². The zero-order chi connectivity index (χ0) is 20.2. The van der Waals surface area contributed by atoms with E-state index >= 15 is 0 Å². The molecule has 2 N–H and O–H groups in total. The summed E-state index contributed by atoms with van der Waals surface area (Å²) in [6.07, 6.45) is -3.88. The highest BCUT2D eigenvalue weighted by Crippen LogP contribution is 2.33. The monoisotopic (exact) mass is 382 g/mol. The lowest BCUT2D eigenvalue weighted by atomic mass is 10.2. The number of hydrogen-bond donors (Lipinski definition) is 2. The lowest BCUT2D eigenvalue weighted by Crippen LogP contribution is -2.44. The number of rotatable bonds is 6. The van der Waals surface area contributed by atoms with E-state index in [1.807, 2.05) is 30.3 Å². The van der Waals surface area contributed by atoms with E-state index in [0.717, 1.165) is 16.4 Å². The van der Waals surface area contributed by atoms with Gasteiger partial charge in [-0.25, -0.2) is 0 Å². The number of nitrogens with one attached hydrogen (secondary N) is 2. The first-order valence-corrected chi connectivity index (χ1v) is 8.38. The van der Waals surface area contributed by atoms with Gasteiger partial charge in [0.05, 0.1) is 11.8 Å². The van der Waals surface area contributed by atoms with Crippen molar-refractivity contribution in [3.8, 4) is 0 Å². The third-order valence-electron chi connectivity index (χ3n) is 3.85. The fourth-order valence-corrected chi connectivity index (χ4v) is 2.48. The van der Waals surface area contributed by atoms with E-state index in [-0.39, 0.29) is 6.54 Å². The van der Waals surface area contributed by atoms with Crippen LogP contribution in [0.25, 0.3) is 0 Å². The number of benzene rings is 1. The van der Waals surface area contributed by atoms with Gasteiger partial charge in [0.25, 0.3) is 5.91 Å². The summed E-state index contributed by atoms with van der Waals surface area (Å²) < 4.78 is 40.8. The van der Waals surface area contributed by atoms with E-state index in [1.54, 1.807) is 0 Å². The number of amides is 2. The maximum absolute atomic E-state index is 13.3. The average molecular weight is 382 g/mol. The minimum atomic E-state index is -4.74. The van der Waals surface area contributed by atoms with Crippen molar-refractivity contribution in [3.05, 3.63) is 53.3 Å². The molecule has 0 saturated heterocycles. The molecule has 1 aromatic heterocycles. The number of carbonyl (C=O) groups excluding carboxylic acids is 2. The highest BCUT2D eigenvalue weighted by atomic mass is 19.4. The van der Waals surface area contributed by atoms with Crippen molar-refractivity contribution in [2.75, 3.05) is 0 Å². The van der Waals surface area contributed by atoms with Crippen LogP contribution in [0.3, 0.4) is 0 Å².